The Hall–Kier alpha value is -2.13. The molecule has 134 valence electrons. The van der Waals surface area contributed by atoms with Crippen molar-refractivity contribution in [2.24, 2.45) is 5.92 Å². The van der Waals surface area contributed by atoms with E-state index in [4.69, 9.17) is 0 Å². The number of hydrogen-bond donors (Lipinski definition) is 0. The molecule has 1 aromatic rings. The van der Waals surface area contributed by atoms with Gasteiger partial charge in [-0.3, -0.25) is 14.5 Å². The normalized spacial score (nSPS) is 20.8. The van der Waals surface area contributed by atoms with Crippen molar-refractivity contribution in [1.29, 1.82) is 5.26 Å². The molecule has 1 atom stereocenters. The van der Waals surface area contributed by atoms with Gasteiger partial charge in [0.25, 0.3) is 5.56 Å². The largest absolute Gasteiger partial charge is 0.339 e. The van der Waals surface area contributed by atoms with Gasteiger partial charge in [0.05, 0.1) is 6.07 Å². The van der Waals surface area contributed by atoms with Crippen molar-refractivity contribution in [3.8, 4) is 6.07 Å². The molecule has 2 fully saturated rings. The molecule has 0 aromatic carbocycles. The van der Waals surface area contributed by atoms with Crippen molar-refractivity contribution in [1.82, 2.24) is 14.4 Å². The number of piperazine rings is 1. The van der Waals surface area contributed by atoms with Gasteiger partial charge in [-0.2, -0.15) is 5.26 Å². The number of carbonyl (C=O) groups excluding carboxylic acids is 1. The Labute approximate surface area is 148 Å². The maximum absolute atomic E-state index is 12.5. The third kappa shape index (κ3) is 4.29. The molecule has 0 radical (unpaired) electrons. The second-order valence-electron chi connectivity index (χ2n) is 7.06. The summed E-state index contributed by atoms with van der Waals surface area (Å²) in [4.78, 5) is 28.2. The molecule has 0 N–H and O–H groups in total. The molecular formula is C19H26N4O2. The predicted molar refractivity (Wildman–Crippen MR) is 94.8 cm³/mol. The van der Waals surface area contributed by atoms with Crippen LogP contribution in [0.25, 0.3) is 0 Å². The number of aromatic nitrogens is 1. The fourth-order valence-electron chi connectivity index (χ4n) is 4.02. The van der Waals surface area contributed by atoms with Crippen LogP contribution in [0, 0.1) is 17.2 Å². The van der Waals surface area contributed by atoms with Gasteiger partial charge in [0.2, 0.25) is 5.91 Å². The molecule has 2 aliphatic rings. The SMILES string of the molecule is N#C[C@@H](C1CCCCC1)N1CCN(C(=O)Cn2ccccc2=O)CC1. The van der Waals surface area contributed by atoms with Crippen LogP contribution in [0.5, 0.6) is 0 Å². The van der Waals surface area contributed by atoms with E-state index in [9.17, 15) is 14.9 Å². The van der Waals surface area contributed by atoms with Crippen LogP contribution in [0.2, 0.25) is 0 Å². The maximum Gasteiger partial charge on any atom is 0.250 e. The van der Waals surface area contributed by atoms with Crippen molar-refractivity contribution in [3.63, 3.8) is 0 Å². The van der Waals surface area contributed by atoms with E-state index in [-0.39, 0.29) is 24.1 Å². The van der Waals surface area contributed by atoms with Crippen LogP contribution >= 0.6 is 0 Å². The number of nitriles is 1. The zero-order chi connectivity index (χ0) is 17.6. The third-order valence-electron chi connectivity index (χ3n) is 5.49. The molecule has 1 aromatic heterocycles. The van der Waals surface area contributed by atoms with Crippen molar-refractivity contribution in [2.75, 3.05) is 26.2 Å². The highest BCUT2D eigenvalue weighted by Gasteiger charge is 2.31. The van der Waals surface area contributed by atoms with Crippen LogP contribution in [0.3, 0.4) is 0 Å². The fraction of sp³-hybridized carbons (Fsp3) is 0.632. The summed E-state index contributed by atoms with van der Waals surface area (Å²) in [7, 11) is 0. The highest BCUT2D eigenvalue weighted by atomic mass is 16.2. The van der Waals surface area contributed by atoms with E-state index < -0.39 is 0 Å². The highest BCUT2D eigenvalue weighted by molar-refractivity contribution is 5.76. The molecule has 0 spiro atoms. The summed E-state index contributed by atoms with van der Waals surface area (Å²) in [6.45, 7) is 2.83. The van der Waals surface area contributed by atoms with Crippen molar-refractivity contribution in [3.05, 3.63) is 34.7 Å². The van der Waals surface area contributed by atoms with E-state index in [1.807, 2.05) is 4.90 Å². The minimum absolute atomic E-state index is 0.0192. The predicted octanol–water partition coefficient (Wildman–Crippen LogP) is 1.46. The summed E-state index contributed by atoms with van der Waals surface area (Å²) >= 11 is 0. The molecule has 1 saturated heterocycles. The van der Waals surface area contributed by atoms with Gasteiger partial charge in [-0.15, -0.1) is 0 Å². The number of pyridine rings is 1. The molecule has 6 heteroatoms. The summed E-state index contributed by atoms with van der Waals surface area (Å²) in [5.41, 5.74) is -0.156. The van der Waals surface area contributed by atoms with Gasteiger partial charge in [0, 0.05) is 38.4 Å². The Morgan fingerprint density at radius 1 is 1.16 bits per heavy atom. The topological polar surface area (TPSA) is 69.3 Å². The Bertz CT molecular complexity index is 679. The zero-order valence-electron chi connectivity index (χ0n) is 14.6. The lowest BCUT2D eigenvalue weighted by molar-refractivity contribution is -0.134. The monoisotopic (exact) mass is 342 g/mol. The number of hydrogen-bond acceptors (Lipinski definition) is 4. The fourth-order valence-corrected chi connectivity index (χ4v) is 4.02. The average molecular weight is 342 g/mol. The van der Waals surface area contributed by atoms with Gasteiger partial charge in [-0.05, 0) is 24.8 Å². The summed E-state index contributed by atoms with van der Waals surface area (Å²) < 4.78 is 1.44. The van der Waals surface area contributed by atoms with Crippen molar-refractivity contribution in [2.45, 2.75) is 44.7 Å². The Morgan fingerprint density at radius 3 is 2.52 bits per heavy atom. The highest BCUT2D eigenvalue weighted by Crippen LogP contribution is 2.29. The van der Waals surface area contributed by atoms with Crippen LogP contribution < -0.4 is 5.56 Å². The second kappa shape index (κ2) is 8.30. The van der Waals surface area contributed by atoms with E-state index >= 15 is 0 Å². The summed E-state index contributed by atoms with van der Waals surface area (Å²) in [6, 6.07) is 7.39. The molecule has 0 bridgehead atoms. The van der Waals surface area contributed by atoms with E-state index in [0.29, 0.717) is 19.0 Å². The molecule has 0 unspecified atom stereocenters. The molecular weight excluding hydrogens is 316 g/mol. The first-order valence-corrected chi connectivity index (χ1v) is 9.26. The van der Waals surface area contributed by atoms with Gasteiger partial charge in [0.1, 0.15) is 12.6 Å². The minimum Gasteiger partial charge on any atom is -0.339 e. The average Bonchev–Trinajstić information content (AvgIpc) is 2.66. The Morgan fingerprint density at radius 2 is 1.88 bits per heavy atom. The number of rotatable bonds is 4. The lowest BCUT2D eigenvalue weighted by Gasteiger charge is -2.40. The first kappa shape index (κ1) is 17.7. The zero-order valence-corrected chi connectivity index (χ0v) is 14.6. The van der Waals surface area contributed by atoms with Gasteiger partial charge < -0.3 is 9.47 Å². The summed E-state index contributed by atoms with van der Waals surface area (Å²) in [6.07, 6.45) is 7.68. The number of carbonyl (C=O) groups is 1. The van der Waals surface area contributed by atoms with Crippen molar-refractivity contribution >= 4 is 5.91 Å². The van der Waals surface area contributed by atoms with Gasteiger partial charge in [-0.1, -0.05) is 25.3 Å². The Kier molecular flexibility index (Phi) is 5.87. The molecule has 2 heterocycles. The quantitative estimate of drug-likeness (QED) is 0.831. The second-order valence-corrected chi connectivity index (χ2v) is 7.06. The third-order valence-corrected chi connectivity index (χ3v) is 5.49. The standard InChI is InChI=1S/C19H26N4O2/c20-14-17(16-6-2-1-3-7-16)21-10-12-22(13-11-21)19(25)15-23-9-5-4-8-18(23)24/h4-5,8-9,16-17H,1-3,6-7,10-13,15H2/t17-/m0/s1. The molecule has 1 amide bonds. The Balaban J connectivity index is 1.54. The smallest absolute Gasteiger partial charge is 0.250 e. The minimum atomic E-state index is -0.156. The van der Waals surface area contributed by atoms with Crippen LogP contribution in [0.4, 0.5) is 0 Å². The first-order valence-electron chi connectivity index (χ1n) is 9.26. The van der Waals surface area contributed by atoms with E-state index in [0.717, 1.165) is 25.9 Å². The molecule has 1 aliphatic heterocycles. The molecule has 1 saturated carbocycles. The molecule has 1 aliphatic carbocycles. The van der Waals surface area contributed by atoms with E-state index in [1.165, 1.54) is 29.9 Å². The van der Waals surface area contributed by atoms with Crippen molar-refractivity contribution < 1.29 is 4.79 Å². The van der Waals surface area contributed by atoms with Gasteiger partial charge in [-0.25, -0.2) is 0 Å². The van der Waals surface area contributed by atoms with Crippen LogP contribution in [-0.4, -0.2) is 52.5 Å². The van der Waals surface area contributed by atoms with Gasteiger partial charge in [0.15, 0.2) is 0 Å². The molecule has 6 nitrogen and oxygen atoms in total. The van der Waals surface area contributed by atoms with E-state index in [1.54, 1.807) is 18.3 Å². The maximum atomic E-state index is 12.5. The lowest BCUT2D eigenvalue weighted by Crippen LogP contribution is -2.54. The summed E-state index contributed by atoms with van der Waals surface area (Å²) in [5.74, 6) is 0.447. The number of nitrogens with zero attached hydrogens (tertiary/aromatic N) is 4. The van der Waals surface area contributed by atoms with Crippen LogP contribution in [0.15, 0.2) is 29.2 Å². The lowest BCUT2D eigenvalue weighted by atomic mass is 9.83. The van der Waals surface area contributed by atoms with Crippen LogP contribution in [-0.2, 0) is 11.3 Å². The van der Waals surface area contributed by atoms with E-state index in [2.05, 4.69) is 11.0 Å². The molecule has 25 heavy (non-hydrogen) atoms. The van der Waals surface area contributed by atoms with Gasteiger partial charge >= 0.3 is 0 Å². The first-order chi connectivity index (χ1) is 12.2. The number of amides is 1. The molecule has 3 rings (SSSR count). The summed E-state index contributed by atoms with van der Waals surface area (Å²) in [5, 5.41) is 9.62. The van der Waals surface area contributed by atoms with Crippen LogP contribution in [0.1, 0.15) is 32.1 Å².